The van der Waals surface area contributed by atoms with E-state index in [9.17, 15) is 13.6 Å². The summed E-state index contributed by atoms with van der Waals surface area (Å²) in [5.74, 6) is -0.816. The fourth-order valence-electron chi connectivity index (χ4n) is 1.05. The standard InChI is InChI=1S/C9H11F2N3O2/c1-3-16-8(15)5-4-13-9(12-2)14-6(5)7(10)11/h4,7H,3H2,1-2H3,(H,12,13,14). The molecule has 16 heavy (non-hydrogen) atoms. The van der Waals surface area contributed by atoms with E-state index in [-0.39, 0.29) is 18.1 Å². The first-order valence-electron chi connectivity index (χ1n) is 4.60. The maximum atomic E-state index is 12.6. The van der Waals surface area contributed by atoms with E-state index in [1.54, 1.807) is 6.92 Å². The summed E-state index contributed by atoms with van der Waals surface area (Å²) in [5, 5.41) is 2.51. The maximum Gasteiger partial charge on any atom is 0.341 e. The summed E-state index contributed by atoms with van der Waals surface area (Å²) in [7, 11) is 1.49. The summed E-state index contributed by atoms with van der Waals surface area (Å²) < 4.78 is 29.9. The van der Waals surface area contributed by atoms with Crippen LogP contribution in [-0.2, 0) is 4.74 Å². The zero-order chi connectivity index (χ0) is 12.1. The smallest absolute Gasteiger partial charge is 0.341 e. The van der Waals surface area contributed by atoms with Gasteiger partial charge in [-0.05, 0) is 6.92 Å². The van der Waals surface area contributed by atoms with Gasteiger partial charge >= 0.3 is 5.97 Å². The molecular formula is C9H11F2N3O2. The number of aromatic nitrogens is 2. The number of rotatable bonds is 4. The van der Waals surface area contributed by atoms with E-state index in [1.165, 1.54) is 7.05 Å². The molecule has 0 bridgehead atoms. The van der Waals surface area contributed by atoms with Gasteiger partial charge in [0.25, 0.3) is 6.43 Å². The summed E-state index contributed by atoms with van der Waals surface area (Å²) in [5.41, 5.74) is -0.936. The molecule has 0 saturated heterocycles. The molecule has 0 saturated carbocycles. The molecule has 0 aliphatic heterocycles. The second kappa shape index (κ2) is 5.34. The number of halogens is 2. The third-order valence-electron chi connectivity index (χ3n) is 1.74. The molecule has 0 aliphatic rings. The number of ether oxygens (including phenoxy) is 1. The minimum Gasteiger partial charge on any atom is -0.462 e. The highest BCUT2D eigenvalue weighted by Gasteiger charge is 2.22. The molecule has 1 rings (SSSR count). The van der Waals surface area contributed by atoms with Gasteiger partial charge in [0.1, 0.15) is 11.3 Å². The zero-order valence-electron chi connectivity index (χ0n) is 8.83. The van der Waals surface area contributed by atoms with Gasteiger partial charge in [0, 0.05) is 13.2 Å². The van der Waals surface area contributed by atoms with Crippen LogP contribution in [0.15, 0.2) is 6.20 Å². The van der Waals surface area contributed by atoms with Gasteiger partial charge in [0.05, 0.1) is 6.61 Å². The number of hydrogen-bond acceptors (Lipinski definition) is 5. The predicted octanol–water partition coefficient (Wildman–Crippen LogP) is 1.63. The highest BCUT2D eigenvalue weighted by Crippen LogP contribution is 2.21. The van der Waals surface area contributed by atoms with E-state index in [2.05, 4.69) is 20.0 Å². The van der Waals surface area contributed by atoms with Gasteiger partial charge in [-0.3, -0.25) is 0 Å². The Morgan fingerprint density at radius 2 is 2.31 bits per heavy atom. The van der Waals surface area contributed by atoms with Crippen molar-refractivity contribution in [2.45, 2.75) is 13.3 Å². The number of anilines is 1. The second-order valence-corrected chi connectivity index (χ2v) is 2.76. The minimum absolute atomic E-state index is 0.0309. The van der Waals surface area contributed by atoms with E-state index in [1.807, 2.05) is 0 Å². The van der Waals surface area contributed by atoms with Gasteiger partial charge in [-0.15, -0.1) is 0 Å². The van der Waals surface area contributed by atoms with Crippen LogP contribution in [0, 0.1) is 0 Å². The summed E-state index contributed by atoms with van der Waals surface area (Å²) in [6.45, 7) is 1.69. The van der Waals surface area contributed by atoms with Crippen molar-refractivity contribution >= 4 is 11.9 Å². The molecule has 1 aromatic rings. The van der Waals surface area contributed by atoms with Crippen LogP contribution in [0.1, 0.15) is 29.4 Å². The molecule has 0 spiro atoms. The molecule has 1 aromatic heterocycles. The quantitative estimate of drug-likeness (QED) is 0.798. The predicted molar refractivity (Wildman–Crippen MR) is 52.5 cm³/mol. The van der Waals surface area contributed by atoms with Crippen molar-refractivity contribution in [1.82, 2.24) is 9.97 Å². The summed E-state index contributed by atoms with van der Waals surface area (Å²) in [6.07, 6.45) is -1.83. The topological polar surface area (TPSA) is 64.1 Å². The van der Waals surface area contributed by atoms with Gasteiger partial charge in [-0.2, -0.15) is 0 Å². The van der Waals surface area contributed by atoms with Crippen molar-refractivity contribution in [2.75, 3.05) is 19.0 Å². The van der Waals surface area contributed by atoms with Crippen LogP contribution in [-0.4, -0.2) is 29.6 Å². The molecule has 0 aliphatic carbocycles. The average molecular weight is 231 g/mol. The first kappa shape index (κ1) is 12.3. The lowest BCUT2D eigenvalue weighted by Crippen LogP contribution is -2.12. The Balaban J connectivity index is 3.12. The Bertz CT molecular complexity index is 385. The molecule has 0 unspecified atom stereocenters. The number of esters is 1. The lowest BCUT2D eigenvalue weighted by Gasteiger charge is -2.08. The summed E-state index contributed by atoms with van der Waals surface area (Å²) in [6, 6.07) is 0. The van der Waals surface area contributed by atoms with Gasteiger partial charge in [0.15, 0.2) is 0 Å². The van der Waals surface area contributed by atoms with E-state index in [0.717, 1.165) is 6.20 Å². The van der Waals surface area contributed by atoms with Gasteiger partial charge in [-0.25, -0.2) is 23.5 Å². The number of nitrogens with one attached hydrogen (secondary N) is 1. The SMILES string of the molecule is CCOC(=O)c1cnc(NC)nc1C(F)F. The molecule has 0 atom stereocenters. The maximum absolute atomic E-state index is 12.6. The van der Waals surface area contributed by atoms with Gasteiger partial charge in [-0.1, -0.05) is 0 Å². The highest BCUT2D eigenvalue weighted by molar-refractivity contribution is 5.90. The summed E-state index contributed by atoms with van der Waals surface area (Å²) >= 11 is 0. The van der Waals surface area contributed by atoms with Crippen molar-refractivity contribution in [3.63, 3.8) is 0 Å². The Morgan fingerprint density at radius 3 is 2.81 bits per heavy atom. The van der Waals surface area contributed by atoms with Gasteiger partial charge in [0.2, 0.25) is 5.95 Å². The van der Waals surface area contributed by atoms with Crippen LogP contribution in [0.25, 0.3) is 0 Å². The molecular weight excluding hydrogens is 220 g/mol. The molecule has 88 valence electrons. The van der Waals surface area contributed by atoms with Crippen LogP contribution in [0.3, 0.4) is 0 Å². The Labute approximate surface area is 90.9 Å². The number of alkyl halides is 2. The monoisotopic (exact) mass is 231 g/mol. The van der Waals surface area contributed by atoms with E-state index < -0.39 is 18.1 Å². The fraction of sp³-hybridized carbons (Fsp3) is 0.444. The fourth-order valence-corrected chi connectivity index (χ4v) is 1.05. The lowest BCUT2D eigenvalue weighted by atomic mass is 10.2. The number of carbonyl (C=O) groups excluding carboxylic acids is 1. The van der Waals surface area contributed by atoms with E-state index in [4.69, 9.17) is 0 Å². The second-order valence-electron chi connectivity index (χ2n) is 2.76. The molecule has 0 fully saturated rings. The molecule has 0 radical (unpaired) electrons. The number of nitrogens with zero attached hydrogens (tertiary/aromatic N) is 2. The average Bonchev–Trinajstić information content (AvgIpc) is 2.28. The van der Waals surface area contributed by atoms with Crippen LogP contribution in [0.2, 0.25) is 0 Å². The molecule has 5 nitrogen and oxygen atoms in total. The molecule has 0 aromatic carbocycles. The van der Waals surface area contributed by atoms with Crippen molar-refractivity contribution in [3.8, 4) is 0 Å². The van der Waals surface area contributed by atoms with Crippen molar-refractivity contribution in [2.24, 2.45) is 0 Å². The third kappa shape index (κ3) is 2.62. The minimum atomic E-state index is -2.85. The highest BCUT2D eigenvalue weighted by atomic mass is 19.3. The first-order chi connectivity index (χ1) is 7.60. The molecule has 1 heterocycles. The van der Waals surface area contributed by atoms with Gasteiger partial charge < -0.3 is 10.1 Å². The third-order valence-corrected chi connectivity index (χ3v) is 1.74. The van der Waals surface area contributed by atoms with Crippen LogP contribution in [0.5, 0.6) is 0 Å². The van der Waals surface area contributed by atoms with Crippen molar-refractivity contribution < 1.29 is 18.3 Å². The van der Waals surface area contributed by atoms with Crippen molar-refractivity contribution in [1.29, 1.82) is 0 Å². The Kier molecular flexibility index (Phi) is 4.10. The largest absolute Gasteiger partial charge is 0.462 e. The van der Waals surface area contributed by atoms with Crippen LogP contribution < -0.4 is 5.32 Å². The molecule has 1 N–H and O–H groups in total. The van der Waals surface area contributed by atoms with Crippen LogP contribution in [0.4, 0.5) is 14.7 Å². The molecule has 0 amide bonds. The van der Waals surface area contributed by atoms with E-state index >= 15 is 0 Å². The normalized spacial score (nSPS) is 10.3. The Hall–Kier alpha value is -1.79. The molecule has 7 heteroatoms. The Morgan fingerprint density at radius 1 is 1.62 bits per heavy atom. The van der Waals surface area contributed by atoms with Crippen molar-refractivity contribution in [3.05, 3.63) is 17.5 Å². The summed E-state index contributed by atoms with van der Waals surface area (Å²) in [4.78, 5) is 18.5. The number of carbonyl (C=O) groups is 1. The number of hydrogen-bond donors (Lipinski definition) is 1. The first-order valence-corrected chi connectivity index (χ1v) is 4.60. The van der Waals surface area contributed by atoms with Crippen LogP contribution >= 0.6 is 0 Å². The zero-order valence-corrected chi connectivity index (χ0v) is 8.83. The lowest BCUT2D eigenvalue weighted by molar-refractivity contribution is 0.0513. The van der Waals surface area contributed by atoms with E-state index in [0.29, 0.717) is 0 Å².